The molecule has 1 aromatic rings. The van der Waals surface area contributed by atoms with E-state index in [2.05, 4.69) is 41.8 Å². The number of rotatable bonds is 2. The maximum absolute atomic E-state index is 3.99. The molecule has 100 valence electrons. The second-order valence-electron chi connectivity index (χ2n) is 6.59. The summed E-state index contributed by atoms with van der Waals surface area (Å²) in [6.45, 7) is 6.33. The van der Waals surface area contributed by atoms with Crippen molar-refractivity contribution in [3.05, 3.63) is 48.0 Å². The number of hydrogen-bond acceptors (Lipinski definition) is 1. The second-order valence-corrected chi connectivity index (χ2v) is 6.59. The van der Waals surface area contributed by atoms with Crippen molar-refractivity contribution in [2.45, 2.75) is 37.6 Å². The van der Waals surface area contributed by atoms with Gasteiger partial charge in [-0.1, -0.05) is 43.2 Å². The van der Waals surface area contributed by atoms with Gasteiger partial charge >= 0.3 is 0 Å². The maximum atomic E-state index is 3.99. The van der Waals surface area contributed by atoms with E-state index in [4.69, 9.17) is 0 Å². The Balaban J connectivity index is 1.89. The van der Waals surface area contributed by atoms with E-state index in [0.29, 0.717) is 5.54 Å². The summed E-state index contributed by atoms with van der Waals surface area (Å²) in [4.78, 5) is 2.75. The van der Waals surface area contributed by atoms with E-state index in [9.17, 15) is 0 Å². The zero-order chi connectivity index (χ0) is 12.9. The molecule has 1 aromatic carbocycles. The number of benzene rings is 1. The van der Waals surface area contributed by atoms with Gasteiger partial charge in [0.1, 0.15) is 0 Å². The van der Waals surface area contributed by atoms with Crippen LogP contribution in [-0.4, -0.2) is 18.0 Å². The Morgan fingerprint density at radius 3 is 3.11 bits per heavy atom. The highest BCUT2D eigenvalue weighted by Crippen LogP contribution is 2.58. The van der Waals surface area contributed by atoms with Crippen LogP contribution in [0.25, 0.3) is 0 Å². The van der Waals surface area contributed by atoms with Gasteiger partial charge in [-0.3, -0.25) is 4.90 Å². The van der Waals surface area contributed by atoms with Crippen LogP contribution in [0.2, 0.25) is 0 Å². The SMILES string of the molecule is C=CCN1C[C@H]2Cc3ccccc3[C@@]13CCCC[C@@H]23. The molecule has 1 heteroatoms. The van der Waals surface area contributed by atoms with Gasteiger partial charge in [0.05, 0.1) is 0 Å². The summed E-state index contributed by atoms with van der Waals surface area (Å²) >= 11 is 0. The second kappa shape index (κ2) is 4.21. The topological polar surface area (TPSA) is 3.24 Å². The van der Waals surface area contributed by atoms with Gasteiger partial charge in [-0.15, -0.1) is 6.58 Å². The first kappa shape index (κ1) is 11.7. The van der Waals surface area contributed by atoms with Crippen molar-refractivity contribution in [3.63, 3.8) is 0 Å². The summed E-state index contributed by atoms with van der Waals surface area (Å²) in [5.74, 6) is 1.78. The normalized spacial score (nSPS) is 36.6. The molecule has 4 rings (SSSR count). The minimum absolute atomic E-state index is 0.353. The molecule has 3 atom stereocenters. The van der Waals surface area contributed by atoms with Gasteiger partial charge in [-0.25, -0.2) is 0 Å². The molecule has 3 aliphatic rings. The molecule has 1 saturated heterocycles. The van der Waals surface area contributed by atoms with Crippen LogP contribution in [0.4, 0.5) is 0 Å². The lowest BCUT2D eigenvalue weighted by Crippen LogP contribution is -2.49. The first-order valence-electron chi connectivity index (χ1n) is 7.80. The average molecular weight is 253 g/mol. The Morgan fingerprint density at radius 1 is 1.32 bits per heavy atom. The van der Waals surface area contributed by atoms with Crippen LogP contribution in [0.1, 0.15) is 36.8 Å². The van der Waals surface area contributed by atoms with Crippen molar-refractivity contribution in [2.24, 2.45) is 11.8 Å². The van der Waals surface area contributed by atoms with Crippen LogP contribution < -0.4 is 0 Å². The third kappa shape index (κ3) is 1.45. The molecule has 1 heterocycles. The lowest BCUT2D eigenvalue weighted by atomic mass is 9.61. The standard InChI is InChI=1S/C18H23N/c1-2-11-19-13-15-12-14-7-3-4-8-16(14)18(19)10-6-5-9-17(15)18/h2-4,7-8,15,17H,1,5-6,9-13H2/t15-,17+,18-/m1/s1. The fourth-order valence-electron chi connectivity index (χ4n) is 5.28. The summed E-state index contributed by atoms with van der Waals surface area (Å²) in [5, 5.41) is 0. The Labute approximate surface area is 116 Å². The van der Waals surface area contributed by atoms with E-state index >= 15 is 0 Å². The van der Waals surface area contributed by atoms with Gasteiger partial charge in [0, 0.05) is 18.6 Å². The van der Waals surface area contributed by atoms with E-state index in [0.717, 1.165) is 18.4 Å². The molecular weight excluding hydrogens is 230 g/mol. The van der Waals surface area contributed by atoms with Crippen LogP contribution in [0, 0.1) is 11.8 Å². The minimum Gasteiger partial charge on any atom is -0.289 e. The number of nitrogens with zero attached hydrogens (tertiary/aromatic N) is 1. The molecular formula is C18H23N. The summed E-state index contributed by atoms with van der Waals surface area (Å²) in [6.07, 6.45) is 9.03. The molecule has 2 fully saturated rings. The molecule has 1 saturated carbocycles. The highest BCUT2D eigenvalue weighted by atomic mass is 15.2. The molecule has 2 aliphatic carbocycles. The van der Waals surface area contributed by atoms with Gasteiger partial charge in [0.15, 0.2) is 0 Å². The zero-order valence-electron chi connectivity index (χ0n) is 11.6. The van der Waals surface area contributed by atoms with Gasteiger partial charge in [0.25, 0.3) is 0 Å². The van der Waals surface area contributed by atoms with Crippen molar-refractivity contribution in [2.75, 3.05) is 13.1 Å². The number of fused-ring (bicyclic) bond motifs is 1. The largest absolute Gasteiger partial charge is 0.289 e. The van der Waals surface area contributed by atoms with Crippen molar-refractivity contribution >= 4 is 0 Å². The van der Waals surface area contributed by atoms with Gasteiger partial charge in [-0.2, -0.15) is 0 Å². The Hall–Kier alpha value is -1.08. The molecule has 0 unspecified atom stereocenters. The summed E-state index contributed by atoms with van der Waals surface area (Å²) in [6, 6.07) is 9.23. The van der Waals surface area contributed by atoms with Crippen LogP contribution >= 0.6 is 0 Å². The number of likely N-dealkylation sites (tertiary alicyclic amines) is 1. The van der Waals surface area contributed by atoms with Gasteiger partial charge in [-0.05, 0) is 42.2 Å². The molecule has 1 aliphatic heterocycles. The highest BCUT2D eigenvalue weighted by Gasteiger charge is 2.57. The van der Waals surface area contributed by atoms with Gasteiger partial charge < -0.3 is 0 Å². The molecule has 0 amide bonds. The van der Waals surface area contributed by atoms with E-state index in [1.165, 1.54) is 38.6 Å². The molecule has 2 bridgehead atoms. The van der Waals surface area contributed by atoms with E-state index in [-0.39, 0.29) is 0 Å². The van der Waals surface area contributed by atoms with Crippen molar-refractivity contribution < 1.29 is 0 Å². The smallest absolute Gasteiger partial charge is 0.0498 e. The Kier molecular flexibility index (Phi) is 2.60. The summed E-state index contributed by atoms with van der Waals surface area (Å²) < 4.78 is 0. The van der Waals surface area contributed by atoms with E-state index < -0.39 is 0 Å². The Morgan fingerprint density at radius 2 is 2.21 bits per heavy atom. The Bertz CT molecular complexity index is 506. The molecule has 0 N–H and O–H groups in total. The lowest BCUT2D eigenvalue weighted by molar-refractivity contribution is 0.0588. The first-order chi connectivity index (χ1) is 9.36. The fraction of sp³-hybridized carbons (Fsp3) is 0.556. The minimum atomic E-state index is 0.353. The lowest BCUT2D eigenvalue weighted by Gasteiger charge is -2.49. The zero-order valence-corrected chi connectivity index (χ0v) is 11.6. The highest BCUT2D eigenvalue weighted by molar-refractivity contribution is 5.41. The maximum Gasteiger partial charge on any atom is 0.0498 e. The third-order valence-corrected chi connectivity index (χ3v) is 5.84. The fourth-order valence-corrected chi connectivity index (χ4v) is 5.28. The third-order valence-electron chi connectivity index (χ3n) is 5.84. The van der Waals surface area contributed by atoms with Crippen molar-refractivity contribution in [1.29, 1.82) is 0 Å². The van der Waals surface area contributed by atoms with E-state index in [1.54, 1.807) is 11.1 Å². The van der Waals surface area contributed by atoms with Gasteiger partial charge in [0.2, 0.25) is 0 Å². The molecule has 0 spiro atoms. The van der Waals surface area contributed by atoms with Crippen molar-refractivity contribution in [3.8, 4) is 0 Å². The molecule has 19 heavy (non-hydrogen) atoms. The molecule has 1 nitrogen and oxygen atoms in total. The van der Waals surface area contributed by atoms with Crippen LogP contribution in [0.3, 0.4) is 0 Å². The van der Waals surface area contributed by atoms with Crippen molar-refractivity contribution in [1.82, 2.24) is 4.90 Å². The molecule has 0 radical (unpaired) electrons. The first-order valence-corrected chi connectivity index (χ1v) is 7.80. The quantitative estimate of drug-likeness (QED) is 0.726. The summed E-state index contributed by atoms with van der Waals surface area (Å²) in [5.41, 5.74) is 3.62. The monoisotopic (exact) mass is 253 g/mol. The predicted molar refractivity (Wildman–Crippen MR) is 79.0 cm³/mol. The van der Waals surface area contributed by atoms with Crippen LogP contribution in [0.5, 0.6) is 0 Å². The predicted octanol–water partition coefficient (Wildman–Crippen LogP) is 3.75. The van der Waals surface area contributed by atoms with Crippen LogP contribution in [-0.2, 0) is 12.0 Å². The number of hydrogen-bond donors (Lipinski definition) is 0. The summed E-state index contributed by atoms with van der Waals surface area (Å²) in [7, 11) is 0. The average Bonchev–Trinajstić information content (AvgIpc) is 2.69. The van der Waals surface area contributed by atoms with Crippen LogP contribution in [0.15, 0.2) is 36.9 Å². The molecule has 0 aromatic heterocycles. The van der Waals surface area contributed by atoms with E-state index in [1.807, 2.05) is 0 Å².